The van der Waals surface area contributed by atoms with E-state index in [0.717, 1.165) is 0 Å². The summed E-state index contributed by atoms with van der Waals surface area (Å²) in [6, 6.07) is -28.4. The standard InChI is InChI=1S/C50H30O/c1-4-15-37-31(12-1)28-29-44-49-36(22-11-23-46(49)51-50(37)44)32-24-26-33(27-25-32)47-40-18-7-9-20-42(40)48(43-21-10-8-19-41(43)47)45-30-34-13-2-3-14-35(34)38-16-5-6-17-39(38)45/h1-30H/i1D,2D,3D,4D,5D,6D,7D,8D,9D,10D,11D,12D,13D,14D,15D,16D,17D,18D,19D,20D,21D,22D,23D,24D,25D,26D,27D,28D,29D,30D. The van der Waals surface area contributed by atoms with Crippen LogP contribution in [-0.2, 0) is 0 Å². The van der Waals surface area contributed by atoms with Crippen molar-refractivity contribution in [1.29, 1.82) is 0 Å². The molecule has 0 radical (unpaired) electrons. The van der Waals surface area contributed by atoms with Crippen LogP contribution in [0.3, 0.4) is 0 Å². The minimum Gasteiger partial charge on any atom is -0.455 e. The average Bonchev–Trinajstić information content (AvgIpc) is 2.54. The molecule has 0 saturated carbocycles. The monoisotopic (exact) mass is 676 g/mol. The summed E-state index contributed by atoms with van der Waals surface area (Å²) >= 11 is 0. The molecule has 10 aromatic carbocycles. The molecule has 0 fully saturated rings. The van der Waals surface area contributed by atoms with Gasteiger partial charge in [0.2, 0.25) is 0 Å². The first-order valence-electron chi connectivity index (χ1n) is 30.2. The van der Waals surface area contributed by atoms with E-state index in [-0.39, 0.29) is 0 Å². The molecule has 11 aromatic rings. The molecule has 1 nitrogen and oxygen atoms in total. The lowest BCUT2D eigenvalue weighted by Crippen LogP contribution is -1.92. The van der Waals surface area contributed by atoms with Crippen LogP contribution >= 0.6 is 0 Å². The summed E-state index contributed by atoms with van der Waals surface area (Å²) in [7, 11) is 0. The lowest BCUT2D eigenvalue weighted by Gasteiger charge is -2.19. The molecule has 236 valence electrons. The number of hydrogen-bond acceptors (Lipinski definition) is 1. The van der Waals surface area contributed by atoms with E-state index in [1.165, 1.54) is 0 Å². The van der Waals surface area contributed by atoms with E-state index in [4.69, 9.17) is 30.5 Å². The molecule has 0 aliphatic heterocycles. The van der Waals surface area contributed by atoms with Crippen LogP contribution in [0.25, 0.3) is 109 Å². The maximum absolute atomic E-state index is 9.84. The van der Waals surface area contributed by atoms with Gasteiger partial charge in [0.05, 0.1) is 41.1 Å². The van der Waals surface area contributed by atoms with Crippen LogP contribution in [0.5, 0.6) is 0 Å². The molecular formula is C50H30O. The Labute approximate surface area is 336 Å². The largest absolute Gasteiger partial charge is 0.455 e. The molecule has 0 unspecified atom stereocenters. The van der Waals surface area contributed by atoms with E-state index >= 15 is 0 Å². The Kier molecular flexibility index (Phi) is 2.50. The number of hydrogen-bond donors (Lipinski definition) is 0. The Hall–Kier alpha value is -6.70. The van der Waals surface area contributed by atoms with Crippen molar-refractivity contribution in [3.05, 3.63) is 181 Å². The maximum atomic E-state index is 9.84. The van der Waals surface area contributed by atoms with Crippen LogP contribution < -0.4 is 0 Å². The van der Waals surface area contributed by atoms with Crippen LogP contribution in [0.15, 0.2) is 186 Å². The first kappa shape index (κ1) is 11.7. The molecule has 1 heterocycles. The van der Waals surface area contributed by atoms with Crippen LogP contribution in [0.1, 0.15) is 41.1 Å². The Morgan fingerprint density at radius 1 is 0.333 bits per heavy atom. The van der Waals surface area contributed by atoms with Gasteiger partial charge in [-0.05, 0) is 100.0 Å². The fourth-order valence-corrected chi connectivity index (χ4v) is 6.50. The van der Waals surface area contributed by atoms with Crippen LogP contribution in [0.2, 0.25) is 0 Å². The van der Waals surface area contributed by atoms with Crippen molar-refractivity contribution in [2.24, 2.45) is 0 Å². The Morgan fingerprint density at radius 3 is 1.59 bits per heavy atom. The lowest BCUT2D eigenvalue weighted by atomic mass is 9.83. The predicted octanol–water partition coefficient (Wildman–Crippen LogP) is 14.4. The summed E-state index contributed by atoms with van der Waals surface area (Å²) < 4.78 is 279. The minimum atomic E-state index is -1.14. The van der Waals surface area contributed by atoms with Gasteiger partial charge in [0, 0.05) is 16.2 Å². The van der Waals surface area contributed by atoms with E-state index in [2.05, 4.69) is 0 Å². The van der Waals surface area contributed by atoms with Crippen molar-refractivity contribution in [3.63, 3.8) is 0 Å². The van der Waals surface area contributed by atoms with Gasteiger partial charge in [0.1, 0.15) is 11.2 Å². The minimum absolute atomic E-state index is 0.443. The Balaban J connectivity index is 1.39. The van der Waals surface area contributed by atoms with Crippen molar-refractivity contribution in [3.8, 4) is 33.4 Å². The van der Waals surface area contributed by atoms with Gasteiger partial charge >= 0.3 is 0 Å². The van der Waals surface area contributed by atoms with Gasteiger partial charge in [-0.2, -0.15) is 0 Å². The zero-order valence-corrected chi connectivity index (χ0v) is 25.4. The Bertz CT molecular complexity index is 4820. The third-order valence-electron chi connectivity index (χ3n) is 8.62. The van der Waals surface area contributed by atoms with Crippen LogP contribution in [0, 0.1) is 0 Å². The second-order valence-corrected chi connectivity index (χ2v) is 11.3. The second kappa shape index (κ2) is 10.9. The van der Waals surface area contributed by atoms with Gasteiger partial charge in [-0.15, -0.1) is 0 Å². The van der Waals surface area contributed by atoms with Gasteiger partial charge in [0.25, 0.3) is 0 Å². The summed E-state index contributed by atoms with van der Waals surface area (Å²) in [5.74, 6) is 0. The van der Waals surface area contributed by atoms with Gasteiger partial charge in [-0.3, -0.25) is 0 Å². The van der Waals surface area contributed by atoms with Crippen molar-refractivity contribution in [1.82, 2.24) is 0 Å². The fourth-order valence-electron chi connectivity index (χ4n) is 6.50. The van der Waals surface area contributed by atoms with Crippen molar-refractivity contribution in [2.45, 2.75) is 0 Å². The van der Waals surface area contributed by atoms with Crippen molar-refractivity contribution in [2.75, 3.05) is 0 Å². The van der Waals surface area contributed by atoms with Crippen LogP contribution in [0.4, 0.5) is 0 Å². The highest BCUT2D eigenvalue weighted by atomic mass is 16.3. The molecule has 11 rings (SSSR count). The summed E-state index contributed by atoms with van der Waals surface area (Å²) in [4.78, 5) is 0. The van der Waals surface area contributed by atoms with E-state index < -0.39 is 290 Å². The number of benzene rings is 10. The molecule has 0 spiro atoms. The number of fused-ring (bicyclic) bond motifs is 10. The smallest absolute Gasteiger partial charge is 0.143 e. The third-order valence-corrected chi connectivity index (χ3v) is 8.62. The lowest BCUT2D eigenvalue weighted by molar-refractivity contribution is 0.673. The van der Waals surface area contributed by atoms with Crippen molar-refractivity contribution < 1.29 is 45.5 Å². The highest BCUT2D eigenvalue weighted by molar-refractivity contribution is 6.26. The molecule has 0 amide bonds. The quantitative estimate of drug-likeness (QED) is 0.134. The summed E-state index contributed by atoms with van der Waals surface area (Å²) in [6.45, 7) is 0. The molecule has 0 atom stereocenters. The molecular weight excluding hydrogens is 617 g/mol. The fraction of sp³-hybridized carbons (Fsp3) is 0. The molecule has 51 heavy (non-hydrogen) atoms. The summed E-state index contributed by atoms with van der Waals surface area (Å²) in [5.41, 5.74) is -5.95. The van der Waals surface area contributed by atoms with Gasteiger partial charge in [0.15, 0.2) is 0 Å². The molecule has 0 aliphatic carbocycles. The summed E-state index contributed by atoms with van der Waals surface area (Å²) in [5, 5.41) is -7.65. The number of rotatable bonds is 3. The SMILES string of the molecule is [2H]c1c([2H])c(-c2c([2H])c([2H])c([2H])c3oc4c5c([2H])c([2H])c([2H])c([2H])c5c([2H])c([2H])c4c23)c([2H])c([2H])c1-c1c2c([2H])c([2H])c([2H])c([2H])c2c(-c2c([2H])c3c([2H])c([2H])c([2H])c([2H])c3c3c([2H])c([2H])c([2H])c([2H])c23)c2c([2H])c([2H])c([2H])c([2H])c12. The second-order valence-electron chi connectivity index (χ2n) is 11.3. The average molecular weight is 677 g/mol. The summed E-state index contributed by atoms with van der Waals surface area (Å²) in [6.07, 6.45) is 0. The predicted molar refractivity (Wildman–Crippen MR) is 218 cm³/mol. The van der Waals surface area contributed by atoms with E-state index in [1.54, 1.807) is 0 Å². The highest BCUT2D eigenvalue weighted by Gasteiger charge is 2.20. The molecule has 0 N–H and O–H groups in total. The molecule has 0 saturated heterocycles. The Morgan fingerprint density at radius 2 is 0.882 bits per heavy atom. The highest BCUT2D eigenvalue weighted by Crippen LogP contribution is 2.47. The van der Waals surface area contributed by atoms with E-state index in [1.807, 2.05) is 0 Å². The van der Waals surface area contributed by atoms with E-state index in [0.29, 0.717) is 0 Å². The molecule has 0 aliphatic rings. The van der Waals surface area contributed by atoms with Crippen LogP contribution in [-0.4, -0.2) is 0 Å². The molecule has 0 bridgehead atoms. The number of furan rings is 1. The molecule has 1 aromatic heterocycles. The normalized spacial score (nSPS) is 20.2. The molecule has 1 heteroatoms. The van der Waals surface area contributed by atoms with Gasteiger partial charge in [-0.25, -0.2) is 0 Å². The maximum Gasteiger partial charge on any atom is 0.143 e. The first-order valence-corrected chi connectivity index (χ1v) is 15.2. The van der Waals surface area contributed by atoms with E-state index in [9.17, 15) is 15.1 Å². The van der Waals surface area contributed by atoms with Gasteiger partial charge in [-0.1, -0.05) is 163 Å². The zero-order valence-electron chi connectivity index (χ0n) is 55.4. The van der Waals surface area contributed by atoms with Crippen molar-refractivity contribution >= 4 is 75.8 Å². The van der Waals surface area contributed by atoms with Gasteiger partial charge < -0.3 is 4.42 Å². The third kappa shape index (κ3) is 4.16. The topological polar surface area (TPSA) is 13.1 Å². The zero-order chi connectivity index (χ0) is 59.6. The first-order chi connectivity index (χ1) is 37.8.